The fourth-order valence-corrected chi connectivity index (χ4v) is 2.86. The van der Waals surface area contributed by atoms with E-state index in [0.717, 1.165) is 39.5 Å². The van der Waals surface area contributed by atoms with Crippen molar-refractivity contribution in [1.29, 1.82) is 0 Å². The standard InChI is InChI=1S/C18H11F3N2/c19-18(20,21)12-7-5-11(6-8-12)14-9-22-10-16-17(14)13-3-1-2-4-15(13)23-16/h1-10,23H. The molecule has 0 saturated heterocycles. The van der Waals surface area contributed by atoms with Crippen LogP contribution < -0.4 is 0 Å². The lowest BCUT2D eigenvalue weighted by molar-refractivity contribution is -0.137. The lowest BCUT2D eigenvalue weighted by Crippen LogP contribution is -2.04. The number of H-pyrrole nitrogens is 1. The van der Waals surface area contributed by atoms with Crippen LogP contribution in [0.15, 0.2) is 60.9 Å². The summed E-state index contributed by atoms with van der Waals surface area (Å²) >= 11 is 0. The Bertz CT molecular complexity index is 998. The van der Waals surface area contributed by atoms with Crippen LogP contribution in [0.2, 0.25) is 0 Å². The Hall–Kier alpha value is -2.82. The third-order valence-electron chi connectivity index (χ3n) is 3.93. The molecule has 1 N–H and O–H groups in total. The van der Waals surface area contributed by atoms with E-state index >= 15 is 0 Å². The lowest BCUT2D eigenvalue weighted by Gasteiger charge is -2.08. The number of pyridine rings is 1. The number of rotatable bonds is 1. The first kappa shape index (κ1) is 13.8. The molecule has 23 heavy (non-hydrogen) atoms. The van der Waals surface area contributed by atoms with Crippen LogP contribution in [0, 0.1) is 0 Å². The van der Waals surface area contributed by atoms with Crippen molar-refractivity contribution in [3.05, 3.63) is 66.5 Å². The van der Waals surface area contributed by atoms with Crippen LogP contribution in [0.4, 0.5) is 13.2 Å². The van der Waals surface area contributed by atoms with Gasteiger partial charge in [0.05, 0.1) is 17.3 Å². The Kier molecular flexibility index (Phi) is 2.91. The van der Waals surface area contributed by atoms with Gasteiger partial charge in [0, 0.05) is 28.0 Å². The largest absolute Gasteiger partial charge is 0.416 e. The van der Waals surface area contributed by atoms with Crippen molar-refractivity contribution in [2.45, 2.75) is 6.18 Å². The SMILES string of the molecule is FC(F)(F)c1ccc(-c2cncc3[nH]c4ccccc4c23)cc1. The van der Waals surface area contributed by atoms with Crippen molar-refractivity contribution in [1.82, 2.24) is 9.97 Å². The number of hydrogen-bond acceptors (Lipinski definition) is 1. The van der Waals surface area contributed by atoms with E-state index in [-0.39, 0.29) is 0 Å². The molecule has 114 valence electrons. The number of benzene rings is 2. The van der Waals surface area contributed by atoms with Crippen molar-refractivity contribution in [2.24, 2.45) is 0 Å². The maximum atomic E-state index is 12.7. The van der Waals surface area contributed by atoms with Crippen molar-refractivity contribution in [3.63, 3.8) is 0 Å². The third-order valence-corrected chi connectivity index (χ3v) is 3.93. The third kappa shape index (κ3) is 2.25. The van der Waals surface area contributed by atoms with E-state index in [4.69, 9.17) is 0 Å². The van der Waals surface area contributed by atoms with E-state index in [1.54, 1.807) is 12.4 Å². The van der Waals surface area contributed by atoms with Gasteiger partial charge in [0.15, 0.2) is 0 Å². The summed E-state index contributed by atoms with van der Waals surface area (Å²) in [4.78, 5) is 7.48. The van der Waals surface area contributed by atoms with Gasteiger partial charge in [0.1, 0.15) is 0 Å². The number of para-hydroxylation sites is 1. The number of hydrogen-bond donors (Lipinski definition) is 1. The molecule has 0 aliphatic rings. The molecule has 2 heterocycles. The topological polar surface area (TPSA) is 28.7 Å². The Morgan fingerprint density at radius 2 is 1.57 bits per heavy atom. The molecule has 0 spiro atoms. The molecular formula is C18H11F3N2. The maximum absolute atomic E-state index is 12.7. The average Bonchev–Trinajstić information content (AvgIpc) is 2.93. The number of fused-ring (bicyclic) bond motifs is 3. The van der Waals surface area contributed by atoms with Gasteiger partial charge in [-0.3, -0.25) is 4.98 Å². The first-order chi connectivity index (χ1) is 11.0. The van der Waals surface area contributed by atoms with Gasteiger partial charge >= 0.3 is 6.18 Å². The molecule has 0 bridgehead atoms. The highest BCUT2D eigenvalue weighted by Crippen LogP contribution is 2.35. The number of halogens is 3. The summed E-state index contributed by atoms with van der Waals surface area (Å²) in [5.41, 5.74) is 2.71. The van der Waals surface area contributed by atoms with Gasteiger partial charge < -0.3 is 4.98 Å². The van der Waals surface area contributed by atoms with E-state index < -0.39 is 11.7 Å². The fraction of sp³-hybridized carbons (Fsp3) is 0.0556. The summed E-state index contributed by atoms with van der Waals surface area (Å²) < 4.78 is 38.1. The number of alkyl halides is 3. The minimum Gasteiger partial charge on any atom is -0.353 e. The van der Waals surface area contributed by atoms with Gasteiger partial charge in [-0.25, -0.2) is 0 Å². The van der Waals surface area contributed by atoms with Crippen LogP contribution in [0.5, 0.6) is 0 Å². The van der Waals surface area contributed by atoms with Crippen LogP contribution in [0.3, 0.4) is 0 Å². The van der Waals surface area contributed by atoms with E-state index in [1.807, 2.05) is 24.3 Å². The van der Waals surface area contributed by atoms with Crippen molar-refractivity contribution < 1.29 is 13.2 Å². The first-order valence-corrected chi connectivity index (χ1v) is 7.06. The van der Waals surface area contributed by atoms with Gasteiger partial charge in [0.2, 0.25) is 0 Å². The molecule has 0 aliphatic heterocycles. The number of nitrogens with one attached hydrogen (secondary N) is 1. The smallest absolute Gasteiger partial charge is 0.353 e. The fourth-order valence-electron chi connectivity index (χ4n) is 2.86. The Labute approximate surface area is 129 Å². The number of nitrogens with zero attached hydrogens (tertiary/aromatic N) is 1. The Morgan fingerprint density at radius 3 is 2.30 bits per heavy atom. The highest BCUT2D eigenvalue weighted by molar-refractivity contribution is 6.13. The van der Waals surface area contributed by atoms with Crippen molar-refractivity contribution in [3.8, 4) is 11.1 Å². The molecule has 4 aromatic rings. The van der Waals surface area contributed by atoms with Crippen LogP contribution in [0.1, 0.15) is 5.56 Å². The van der Waals surface area contributed by atoms with E-state index in [0.29, 0.717) is 5.56 Å². The highest BCUT2D eigenvalue weighted by Gasteiger charge is 2.30. The molecule has 0 amide bonds. The molecule has 0 unspecified atom stereocenters. The second-order valence-electron chi connectivity index (χ2n) is 5.36. The minimum atomic E-state index is -4.33. The lowest BCUT2D eigenvalue weighted by atomic mass is 10.0. The molecule has 0 atom stereocenters. The van der Waals surface area contributed by atoms with Crippen LogP contribution in [0.25, 0.3) is 32.9 Å². The number of aromatic nitrogens is 2. The zero-order valence-electron chi connectivity index (χ0n) is 11.9. The van der Waals surface area contributed by atoms with E-state index in [9.17, 15) is 13.2 Å². The van der Waals surface area contributed by atoms with E-state index in [1.165, 1.54) is 12.1 Å². The molecule has 0 saturated carbocycles. The highest BCUT2D eigenvalue weighted by atomic mass is 19.4. The van der Waals surface area contributed by atoms with Crippen LogP contribution in [-0.4, -0.2) is 9.97 Å². The summed E-state index contributed by atoms with van der Waals surface area (Å²) in [5.74, 6) is 0. The second-order valence-corrected chi connectivity index (χ2v) is 5.36. The molecular weight excluding hydrogens is 301 g/mol. The summed E-state index contributed by atoms with van der Waals surface area (Å²) in [6, 6.07) is 13.0. The summed E-state index contributed by atoms with van der Waals surface area (Å²) in [7, 11) is 0. The van der Waals surface area contributed by atoms with Gasteiger partial charge in [-0.2, -0.15) is 13.2 Å². The average molecular weight is 312 g/mol. The quantitative estimate of drug-likeness (QED) is 0.501. The molecule has 2 aromatic heterocycles. The second kappa shape index (κ2) is 4.84. The van der Waals surface area contributed by atoms with E-state index in [2.05, 4.69) is 9.97 Å². The summed E-state index contributed by atoms with van der Waals surface area (Å²) in [6.07, 6.45) is -0.919. The summed E-state index contributed by atoms with van der Waals surface area (Å²) in [5, 5.41) is 2.00. The normalized spacial score (nSPS) is 12.1. The van der Waals surface area contributed by atoms with Gasteiger partial charge in [-0.15, -0.1) is 0 Å². The van der Waals surface area contributed by atoms with Crippen LogP contribution in [-0.2, 0) is 6.18 Å². The summed E-state index contributed by atoms with van der Waals surface area (Å²) in [6.45, 7) is 0. The first-order valence-electron chi connectivity index (χ1n) is 7.06. The monoisotopic (exact) mass is 312 g/mol. The molecule has 2 aromatic carbocycles. The Morgan fingerprint density at radius 1 is 0.826 bits per heavy atom. The van der Waals surface area contributed by atoms with Crippen LogP contribution >= 0.6 is 0 Å². The maximum Gasteiger partial charge on any atom is 0.416 e. The molecule has 0 fully saturated rings. The zero-order valence-corrected chi connectivity index (χ0v) is 11.9. The predicted octanol–water partition coefficient (Wildman–Crippen LogP) is 5.40. The van der Waals surface area contributed by atoms with Gasteiger partial charge in [-0.1, -0.05) is 30.3 Å². The van der Waals surface area contributed by atoms with Crippen molar-refractivity contribution in [2.75, 3.05) is 0 Å². The molecule has 0 radical (unpaired) electrons. The molecule has 5 heteroatoms. The van der Waals surface area contributed by atoms with Crippen molar-refractivity contribution >= 4 is 21.8 Å². The van der Waals surface area contributed by atoms with Gasteiger partial charge in [-0.05, 0) is 23.8 Å². The number of aromatic amines is 1. The van der Waals surface area contributed by atoms with Gasteiger partial charge in [0.25, 0.3) is 0 Å². The molecule has 4 rings (SSSR count). The predicted molar refractivity (Wildman–Crippen MR) is 84.0 cm³/mol. The minimum absolute atomic E-state index is 0.652. The zero-order chi connectivity index (χ0) is 16.0. The molecule has 2 nitrogen and oxygen atoms in total. The molecule has 0 aliphatic carbocycles. The Balaban J connectivity index is 1.95.